The van der Waals surface area contributed by atoms with Gasteiger partial charge in [-0.3, -0.25) is 10.1 Å². The first-order valence-electron chi connectivity index (χ1n) is 8.49. The van der Waals surface area contributed by atoms with Crippen LogP contribution >= 0.6 is 23.4 Å². The molecule has 2 unspecified atom stereocenters. The molecule has 4 N–H and O–H groups in total. The van der Waals surface area contributed by atoms with E-state index >= 15 is 0 Å². The summed E-state index contributed by atoms with van der Waals surface area (Å²) in [7, 11) is 5.77. The highest BCUT2D eigenvalue weighted by Gasteiger charge is 2.26. The van der Waals surface area contributed by atoms with Crippen LogP contribution in [-0.4, -0.2) is 39.5 Å². The highest BCUT2D eigenvalue weighted by molar-refractivity contribution is 7.98. The first kappa shape index (κ1) is 21.9. The van der Waals surface area contributed by atoms with E-state index in [4.69, 9.17) is 17.3 Å². The van der Waals surface area contributed by atoms with Crippen LogP contribution in [0.25, 0.3) is 0 Å². The van der Waals surface area contributed by atoms with Gasteiger partial charge in [0.25, 0.3) is 0 Å². The van der Waals surface area contributed by atoms with Gasteiger partial charge in [0.1, 0.15) is 0 Å². The van der Waals surface area contributed by atoms with Gasteiger partial charge in [0.15, 0.2) is 0 Å². The summed E-state index contributed by atoms with van der Waals surface area (Å²) < 4.78 is 0. The normalized spacial score (nSPS) is 13.6. The number of hydrogen-bond acceptors (Lipinski definition) is 5. The first-order chi connectivity index (χ1) is 11.7. The Hall–Kier alpha value is -1.11. The number of primary amides is 1. The van der Waals surface area contributed by atoms with Crippen LogP contribution in [0.15, 0.2) is 17.0 Å². The molecule has 1 amide bonds. The van der Waals surface area contributed by atoms with Crippen LogP contribution in [0.4, 0.5) is 11.4 Å². The number of halogens is 1. The first-order valence-corrected chi connectivity index (χ1v) is 10.1. The van der Waals surface area contributed by atoms with Crippen molar-refractivity contribution in [2.45, 2.75) is 37.8 Å². The Morgan fingerprint density at radius 1 is 1.32 bits per heavy atom. The number of rotatable bonds is 10. The van der Waals surface area contributed by atoms with Gasteiger partial charge in [0.05, 0.1) is 22.8 Å². The van der Waals surface area contributed by atoms with Crippen molar-refractivity contribution < 1.29 is 4.79 Å². The van der Waals surface area contributed by atoms with Gasteiger partial charge in [-0.1, -0.05) is 31.9 Å². The fraction of sp³-hybridized carbons (Fsp3) is 0.611. The molecule has 0 aliphatic rings. The van der Waals surface area contributed by atoms with Crippen LogP contribution in [0, 0.1) is 11.8 Å². The number of carbonyl (C=O) groups excluding carboxylic acids is 1. The van der Waals surface area contributed by atoms with Gasteiger partial charge >= 0.3 is 0 Å². The summed E-state index contributed by atoms with van der Waals surface area (Å²) in [5.41, 5.74) is 7.57. The van der Waals surface area contributed by atoms with E-state index in [-0.39, 0.29) is 18.0 Å². The van der Waals surface area contributed by atoms with Crippen molar-refractivity contribution in [2.24, 2.45) is 17.6 Å². The minimum Gasteiger partial charge on any atom is -0.378 e. The van der Waals surface area contributed by atoms with E-state index in [9.17, 15) is 4.79 Å². The second kappa shape index (κ2) is 10.1. The van der Waals surface area contributed by atoms with Crippen molar-refractivity contribution in [3.05, 3.63) is 17.2 Å². The summed E-state index contributed by atoms with van der Waals surface area (Å²) in [4.78, 5) is 15.0. The SMILES string of the molecule is CNC(Nc1cc(N(C)C)cc(Cl)c1SC)C(CCC(C)C)C(N)=O. The van der Waals surface area contributed by atoms with E-state index < -0.39 is 0 Å². The third kappa shape index (κ3) is 6.28. The van der Waals surface area contributed by atoms with Crippen LogP contribution in [0.3, 0.4) is 0 Å². The third-order valence-corrected chi connectivity index (χ3v) is 5.45. The molecule has 25 heavy (non-hydrogen) atoms. The number of benzene rings is 1. The summed E-state index contributed by atoms with van der Waals surface area (Å²) in [5, 5.41) is 7.33. The number of thioether (sulfide) groups is 1. The Balaban J connectivity index is 3.15. The zero-order valence-electron chi connectivity index (χ0n) is 16.0. The predicted molar refractivity (Wildman–Crippen MR) is 111 cm³/mol. The molecular formula is C18H31ClN4OS. The molecule has 5 nitrogen and oxygen atoms in total. The molecule has 142 valence electrons. The van der Waals surface area contributed by atoms with Crippen LogP contribution in [0.2, 0.25) is 5.02 Å². The van der Waals surface area contributed by atoms with Gasteiger partial charge in [-0.25, -0.2) is 0 Å². The molecule has 0 saturated carbocycles. The predicted octanol–water partition coefficient (Wildman–Crippen LogP) is 3.62. The molecule has 2 atom stereocenters. The molecule has 0 radical (unpaired) electrons. The fourth-order valence-electron chi connectivity index (χ4n) is 2.68. The monoisotopic (exact) mass is 386 g/mol. The Morgan fingerprint density at radius 2 is 1.96 bits per heavy atom. The summed E-state index contributed by atoms with van der Waals surface area (Å²) in [6, 6.07) is 3.99. The van der Waals surface area contributed by atoms with Crippen molar-refractivity contribution in [3.8, 4) is 0 Å². The lowest BCUT2D eigenvalue weighted by atomic mass is 9.94. The van der Waals surface area contributed by atoms with Gasteiger partial charge in [-0.05, 0) is 37.8 Å². The van der Waals surface area contributed by atoms with E-state index in [0.717, 1.165) is 29.1 Å². The minimum absolute atomic E-state index is 0.254. The molecule has 0 spiro atoms. The van der Waals surface area contributed by atoms with E-state index in [1.807, 2.05) is 44.4 Å². The number of nitrogens with one attached hydrogen (secondary N) is 2. The largest absolute Gasteiger partial charge is 0.378 e. The van der Waals surface area contributed by atoms with Crippen molar-refractivity contribution in [1.29, 1.82) is 0 Å². The number of nitrogens with two attached hydrogens (primary N) is 1. The van der Waals surface area contributed by atoms with Crippen LogP contribution in [0.5, 0.6) is 0 Å². The number of nitrogens with zero attached hydrogens (tertiary/aromatic N) is 1. The number of carbonyl (C=O) groups is 1. The molecule has 0 aliphatic heterocycles. The van der Waals surface area contributed by atoms with Crippen molar-refractivity contribution in [3.63, 3.8) is 0 Å². The average Bonchev–Trinajstić information content (AvgIpc) is 2.52. The lowest BCUT2D eigenvalue weighted by Crippen LogP contribution is -2.46. The average molecular weight is 387 g/mol. The summed E-state index contributed by atoms with van der Waals surface area (Å²) in [6.07, 6.45) is 3.42. The van der Waals surface area contributed by atoms with Gasteiger partial charge in [-0.2, -0.15) is 0 Å². The molecule has 0 bridgehead atoms. The molecule has 1 aromatic carbocycles. The minimum atomic E-state index is -0.302. The Bertz CT molecular complexity index is 580. The fourth-order valence-corrected chi connectivity index (χ4v) is 3.72. The third-order valence-electron chi connectivity index (χ3n) is 4.19. The molecule has 0 fully saturated rings. The topological polar surface area (TPSA) is 70.4 Å². The second-order valence-electron chi connectivity index (χ2n) is 6.79. The van der Waals surface area contributed by atoms with Gasteiger partial charge in [0.2, 0.25) is 5.91 Å². The standard InChI is InChI=1S/C18H31ClN4OS/c1-11(2)7-8-13(17(20)24)18(21-3)22-15-10-12(23(4)5)9-14(19)16(15)25-6/h9-11,13,18,21-22H,7-8H2,1-6H3,(H2,20,24). The van der Waals surface area contributed by atoms with E-state index in [2.05, 4.69) is 24.5 Å². The highest BCUT2D eigenvalue weighted by atomic mass is 35.5. The van der Waals surface area contributed by atoms with Gasteiger partial charge in [0, 0.05) is 24.7 Å². The molecule has 1 aromatic rings. The van der Waals surface area contributed by atoms with Crippen molar-refractivity contribution in [1.82, 2.24) is 5.32 Å². The van der Waals surface area contributed by atoms with Crippen molar-refractivity contribution in [2.75, 3.05) is 37.6 Å². The van der Waals surface area contributed by atoms with Crippen LogP contribution in [-0.2, 0) is 4.79 Å². The van der Waals surface area contributed by atoms with Crippen LogP contribution in [0.1, 0.15) is 26.7 Å². The number of hydrogen-bond donors (Lipinski definition) is 3. The molecular weight excluding hydrogens is 356 g/mol. The lowest BCUT2D eigenvalue weighted by molar-refractivity contribution is -0.122. The summed E-state index contributed by atoms with van der Waals surface area (Å²) >= 11 is 8.03. The maximum atomic E-state index is 12.0. The number of amides is 1. The molecule has 0 aliphatic carbocycles. The van der Waals surface area contributed by atoms with E-state index in [1.165, 1.54) is 0 Å². The smallest absolute Gasteiger partial charge is 0.223 e. The maximum Gasteiger partial charge on any atom is 0.223 e. The lowest BCUT2D eigenvalue weighted by Gasteiger charge is -2.28. The molecule has 0 aromatic heterocycles. The van der Waals surface area contributed by atoms with E-state index in [0.29, 0.717) is 10.9 Å². The molecule has 7 heteroatoms. The Labute approximate surface area is 161 Å². The van der Waals surface area contributed by atoms with Gasteiger partial charge in [-0.15, -0.1) is 11.8 Å². The molecule has 0 heterocycles. The quantitative estimate of drug-likeness (QED) is 0.423. The summed E-state index contributed by atoms with van der Waals surface area (Å²) in [6.45, 7) is 4.29. The van der Waals surface area contributed by atoms with Crippen LogP contribution < -0.4 is 21.3 Å². The Kier molecular flexibility index (Phi) is 8.89. The van der Waals surface area contributed by atoms with Gasteiger partial charge < -0.3 is 16.0 Å². The zero-order chi connectivity index (χ0) is 19.1. The maximum absolute atomic E-state index is 12.0. The summed E-state index contributed by atoms with van der Waals surface area (Å²) in [5.74, 6) is -0.0791. The number of anilines is 2. The molecule has 1 rings (SSSR count). The molecule has 0 saturated heterocycles. The van der Waals surface area contributed by atoms with E-state index in [1.54, 1.807) is 11.8 Å². The Morgan fingerprint density at radius 3 is 2.40 bits per heavy atom. The second-order valence-corrected chi connectivity index (χ2v) is 8.02. The highest BCUT2D eigenvalue weighted by Crippen LogP contribution is 2.37. The zero-order valence-corrected chi connectivity index (χ0v) is 17.6. The van der Waals surface area contributed by atoms with Crippen molar-refractivity contribution >= 4 is 40.6 Å².